The first-order chi connectivity index (χ1) is 12.6. The number of rotatable bonds is 9. The van der Waals surface area contributed by atoms with E-state index in [2.05, 4.69) is 11.9 Å². The number of pyridine rings is 1. The lowest BCUT2D eigenvalue weighted by Gasteiger charge is -2.32. The van der Waals surface area contributed by atoms with Crippen molar-refractivity contribution in [1.82, 2.24) is 9.88 Å². The number of hydrogen-bond donors (Lipinski definition) is 0. The predicted octanol–water partition coefficient (Wildman–Crippen LogP) is 3.97. The second kappa shape index (κ2) is 10.9. The van der Waals surface area contributed by atoms with E-state index < -0.39 is 0 Å². The average Bonchev–Trinajstić information content (AvgIpc) is 2.69. The van der Waals surface area contributed by atoms with E-state index in [9.17, 15) is 9.59 Å². The van der Waals surface area contributed by atoms with Crippen LogP contribution < -0.4 is 0 Å². The Morgan fingerprint density at radius 3 is 2.62 bits per heavy atom. The van der Waals surface area contributed by atoms with Crippen LogP contribution in [-0.4, -0.2) is 35.4 Å². The number of carbonyl (C=O) groups excluding carboxylic acids is 2. The van der Waals surface area contributed by atoms with Gasteiger partial charge in [-0.1, -0.05) is 32.3 Å². The van der Waals surface area contributed by atoms with Crippen LogP contribution in [0.5, 0.6) is 0 Å². The van der Waals surface area contributed by atoms with E-state index in [0.717, 1.165) is 37.3 Å². The molecule has 0 bridgehead atoms. The smallest absolute Gasteiger partial charge is 0.307 e. The zero-order valence-electron chi connectivity index (χ0n) is 16.2. The van der Waals surface area contributed by atoms with Gasteiger partial charge in [0.1, 0.15) is 0 Å². The minimum Gasteiger partial charge on any atom is -0.469 e. The quantitative estimate of drug-likeness (QED) is 0.625. The van der Waals surface area contributed by atoms with Crippen LogP contribution in [0.1, 0.15) is 64.0 Å². The van der Waals surface area contributed by atoms with Crippen LogP contribution in [0.4, 0.5) is 0 Å². The molecule has 5 heteroatoms. The number of unbranched alkanes of at least 4 members (excludes halogenated alkanes) is 1. The highest BCUT2D eigenvalue weighted by Crippen LogP contribution is 2.33. The van der Waals surface area contributed by atoms with Crippen molar-refractivity contribution in [2.75, 3.05) is 13.7 Å². The molecule has 0 atom stereocenters. The Kier molecular flexibility index (Phi) is 8.59. The van der Waals surface area contributed by atoms with Crippen molar-refractivity contribution in [3.05, 3.63) is 30.1 Å². The fourth-order valence-electron chi connectivity index (χ4n) is 3.73. The minimum atomic E-state index is -0.285. The number of esters is 1. The molecule has 1 heterocycles. The molecule has 1 fully saturated rings. The van der Waals surface area contributed by atoms with Crippen LogP contribution in [0.2, 0.25) is 0 Å². The molecule has 1 saturated carbocycles. The fraction of sp³-hybridized carbons (Fsp3) is 0.667. The molecule has 0 spiro atoms. The summed E-state index contributed by atoms with van der Waals surface area (Å²) in [7, 11) is 1.38. The van der Waals surface area contributed by atoms with Crippen molar-refractivity contribution in [3.63, 3.8) is 0 Å². The molecule has 26 heavy (non-hydrogen) atoms. The Bertz CT molecular complexity index is 554. The summed E-state index contributed by atoms with van der Waals surface area (Å²) in [5.74, 6) is 0.730. The lowest BCUT2D eigenvalue weighted by Crippen LogP contribution is -2.39. The summed E-state index contributed by atoms with van der Waals surface area (Å²) >= 11 is 0. The number of aromatic nitrogens is 1. The summed E-state index contributed by atoms with van der Waals surface area (Å²) in [6, 6.07) is 5.70. The molecule has 5 nitrogen and oxygen atoms in total. The van der Waals surface area contributed by atoms with Gasteiger partial charge in [0.2, 0.25) is 5.91 Å². The highest BCUT2D eigenvalue weighted by atomic mass is 16.5. The molecule has 144 valence electrons. The molecule has 1 aliphatic rings. The Labute approximate surface area is 157 Å². The first-order valence-electron chi connectivity index (χ1n) is 9.89. The summed E-state index contributed by atoms with van der Waals surface area (Å²) < 4.78 is 4.74. The van der Waals surface area contributed by atoms with Crippen molar-refractivity contribution in [2.24, 2.45) is 11.8 Å². The lowest BCUT2D eigenvalue weighted by molar-refractivity contribution is -0.143. The van der Waals surface area contributed by atoms with Gasteiger partial charge < -0.3 is 9.64 Å². The van der Waals surface area contributed by atoms with Gasteiger partial charge in [-0.3, -0.25) is 14.6 Å². The topological polar surface area (TPSA) is 59.5 Å². The highest BCUT2D eigenvalue weighted by Gasteiger charge is 2.29. The SMILES string of the molecule is CCCCC1CCC(C(=O)N(CCC(=O)OC)Cc2ccccn2)CC1. The van der Waals surface area contributed by atoms with Crippen molar-refractivity contribution in [2.45, 2.75) is 64.8 Å². The zero-order valence-corrected chi connectivity index (χ0v) is 16.2. The summed E-state index contributed by atoms with van der Waals surface area (Å²) in [6.45, 7) is 3.07. The van der Waals surface area contributed by atoms with Crippen LogP contribution in [0.3, 0.4) is 0 Å². The van der Waals surface area contributed by atoms with E-state index in [1.54, 1.807) is 11.1 Å². The first-order valence-corrected chi connectivity index (χ1v) is 9.89. The molecule has 0 N–H and O–H groups in total. The lowest BCUT2D eigenvalue weighted by atomic mass is 9.79. The molecule has 1 aliphatic carbocycles. The number of ether oxygens (including phenoxy) is 1. The van der Waals surface area contributed by atoms with Crippen molar-refractivity contribution in [1.29, 1.82) is 0 Å². The van der Waals surface area contributed by atoms with E-state index in [1.807, 2.05) is 18.2 Å². The van der Waals surface area contributed by atoms with Crippen molar-refractivity contribution in [3.8, 4) is 0 Å². The zero-order chi connectivity index (χ0) is 18.8. The number of carbonyl (C=O) groups is 2. The van der Waals surface area contributed by atoms with Crippen LogP contribution in [-0.2, 0) is 20.9 Å². The monoisotopic (exact) mass is 360 g/mol. The average molecular weight is 360 g/mol. The minimum absolute atomic E-state index is 0.0780. The van der Waals surface area contributed by atoms with Gasteiger partial charge >= 0.3 is 5.97 Å². The van der Waals surface area contributed by atoms with Gasteiger partial charge in [0, 0.05) is 18.7 Å². The van der Waals surface area contributed by atoms with Crippen LogP contribution in [0.25, 0.3) is 0 Å². The maximum Gasteiger partial charge on any atom is 0.307 e. The molecule has 0 aliphatic heterocycles. The van der Waals surface area contributed by atoms with E-state index in [1.165, 1.54) is 26.4 Å². The van der Waals surface area contributed by atoms with E-state index in [-0.39, 0.29) is 24.2 Å². The summed E-state index contributed by atoms with van der Waals surface area (Å²) in [4.78, 5) is 30.7. The molecule has 1 aromatic rings. The third-order valence-electron chi connectivity index (χ3n) is 5.37. The van der Waals surface area contributed by atoms with Gasteiger partial charge in [-0.15, -0.1) is 0 Å². The number of hydrogen-bond acceptors (Lipinski definition) is 4. The summed E-state index contributed by atoms with van der Waals surface area (Å²) in [6.07, 6.45) is 9.98. The van der Waals surface area contributed by atoms with Gasteiger partial charge in [0.15, 0.2) is 0 Å². The van der Waals surface area contributed by atoms with Crippen molar-refractivity contribution >= 4 is 11.9 Å². The van der Waals surface area contributed by atoms with Crippen LogP contribution >= 0.6 is 0 Å². The maximum atomic E-state index is 13.1. The third kappa shape index (κ3) is 6.43. The maximum absolute atomic E-state index is 13.1. The van der Waals surface area contributed by atoms with Gasteiger partial charge in [0.05, 0.1) is 25.8 Å². The number of methoxy groups -OCH3 is 1. The fourth-order valence-corrected chi connectivity index (χ4v) is 3.73. The van der Waals surface area contributed by atoms with Gasteiger partial charge in [-0.25, -0.2) is 0 Å². The predicted molar refractivity (Wildman–Crippen MR) is 101 cm³/mol. The molecule has 0 saturated heterocycles. The summed E-state index contributed by atoms with van der Waals surface area (Å²) in [5.41, 5.74) is 0.849. The molecular weight excluding hydrogens is 328 g/mol. The van der Waals surface area contributed by atoms with Crippen LogP contribution in [0.15, 0.2) is 24.4 Å². The largest absolute Gasteiger partial charge is 0.469 e. The molecular formula is C21H32N2O3. The van der Waals surface area contributed by atoms with Crippen LogP contribution in [0, 0.1) is 11.8 Å². The second-order valence-electron chi connectivity index (χ2n) is 7.27. The van der Waals surface area contributed by atoms with Gasteiger partial charge in [-0.05, 0) is 43.7 Å². The van der Waals surface area contributed by atoms with Gasteiger partial charge in [0.25, 0.3) is 0 Å². The Morgan fingerprint density at radius 2 is 2.00 bits per heavy atom. The normalized spacial score (nSPS) is 19.8. The Morgan fingerprint density at radius 1 is 1.23 bits per heavy atom. The Hall–Kier alpha value is -1.91. The van der Waals surface area contributed by atoms with Crippen molar-refractivity contribution < 1.29 is 14.3 Å². The number of amides is 1. The molecule has 2 rings (SSSR count). The van der Waals surface area contributed by atoms with E-state index in [4.69, 9.17) is 4.74 Å². The third-order valence-corrected chi connectivity index (χ3v) is 5.37. The molecule has 0 unspecified atom stereocenters. The van der Waals surface area contributed by atoms with E-state index in [0.29, 0.717) is 13.1 Å². The highest BCUT2D eigenvalue weighted by molar-refractivity contribution is 5.79. The molecule has 1 aromatic heterocycles. The Balaban J connectivity index is 1.95. The standard InChI is InChI=1S/C21H32N2O3/c1-3-4-7-17-9-11-18(12-10-17)21(25)23(15-13-20(24)26-2)16-19-8-5-6-14-22-19/h5-6,8,14,17-18H,3-4,7,9-13,15-16H2,1-2H3. The molecule has 0 radical (unpaired) electrons. The summed E-state index contributed by atoms with van der Waals surface area (Å²) in [5, 5.41) is 0. The first kappa shape index (κ1) is 20.4. The molecule has 0 aromatic carbocycles. The second-order valence-corrected chi connectivity index (χ2v) is 7.27. The number of nitrogens with zero attached hydrogens (tertiary/aromatic N) is 2. The van der Waals surface area contributed by atoms with E-state index >= 15 is 0 Å². The van der Waals surface area contributed by atoms with Gasteiger partial charge in [-0.2, -0.15) is 0 Å². The molecule has 1 amide bonds.